The van der Waals surface area contributed by atoms with Crippen LogP contribution < -0.4 is 0 Å². The van der Waals surface area contributed by atoms with E-state index in [9.17, 15) is 13.2 Å². The zero-order chi connectivity index (χ0) is 16.4. The van der Waals surface area contributed by atoms with Crippen molar-refractivity contribution in [3.05, 3.63) is 60.7 Å². The summed E-state index contributed by atoms with van der Waals surface area (Å²) in [5.74, 6) is -1.29. The van der Waals surface area contributed by atoms with Gasteiger partial charge in [-0.1, -0.05) is 43.0 Å². The van der Waals surface area contributed by atoms with Crippen LogP contribution in [-0.2, 0) is 21.7 Å². The quantitative estimate of drug-likeness (QED) is 0.872. The molecule has 0 radical (unpaired) electrons. The van der Waals surface area contributed by atoms with Gasteiger partial charge in [-0.2, -0.15) is 12.8 Å². The number of nitrogens with zero attached hydrogens (tertiary/aromatic N) is 2. The van der Waals surface area contributed by atoms with Gasteiger partial charge in [0.25, 0.3) is 0 Å². The molecule has 0 saturated carbocycles. The molecule has 0 aliphatic heterocycles. The van der Waals surface area contributed by atoms with Crippen molar-refractivity contribution in [1.82, 2.24) is 9.97 Å². The number of aromatic nitrogens is 2. The van der Waals surface area contributed by atoms with Gasteiger partial charge in [-0.3, -0.25) is 0 Å². The topological polar surface area (TPSA) is 112 Å². The van der Waals surface area contributed by atoms with Crippen LogP contribution in [0.1, 0.15) is 11.3 Å². The number of hydrogen-bond acceptors (Lipinski definition) is 5. The van der Waals surface area contributed by atoms with E-state index in [-0.39, 0.29) is 6.42 Å². The molecule has 0 aliphatic carbocycles. The van der Waals surface area contributed by atoms with Gasteiger partial charge in [-0.15, -0.1) is 0 Å². The third-order valence-corrected chi connectivity index (χ3v) is 2.93. The molecule has 7 nitrogen and oxygen atoms in total. The minimum atomic E-state index is -2.72. The van der Waals surface area contributed by atoms with Gasteiger partial charge in [0.2, 0.25) is 0 Å². The number of hydrogen-bond donors (Lipinski definition) is 2. The van der Waals surface area contributed by atoms with E-state index in [1.54, 1.807) is 0 Å². The number of carboxylic acids is 1. The molecule has 0 amide bonds. The Bertz CT molecular complexity index is 717. The number of imidazole rings is 1. The van der Waals surface area contributed by atoms with Gasteiger partial charge in [-0.25, -0.2) is 9.78 Å². The Kier molecular flexibility index (Phi) is 7.27. The second-order valence-electron chi connectivity index (χ2n) is 4.07. The maximum absolute atomic E-state index is 10.6. The van der Waals surface area contributed by atoms with Crippen LogP contribution in [0.4, 0.5) is 0 Å². The first-order chi connectivity index (χ1) is 10.5. The number of carboxylic acid groups (broad SMARTS) is 1. The first kappa shape index (κ1) is 17.3. The van der Waals surface area contributed by atoms with Crippen molar-refractivity contribution < 1.29 is 18.3 Å². The maximum Gasteiger partial charge on any atom is 0.330 e. The van der Waals surface area contributed by atoms with E-state index < -0.39 is 22.5 Å². The van der Waals surface area contributed by atoms with Crippen molar-refractivity contribution in [3.63, 3.8) is 0 Å². The minimum Gasteiger partial charge on any atom is -0.480 e. The standard InChI is InChI=1S/C8H8.C6H7N3O4S/c1-2-8-6-4-3-5-7-8;10-6(11)5(9-14(12)13)1-4-2-7-3-8-4/h2-7H,1H2;2-3,5H,1H2,(H,7,8)(H,10,11). The largest absolute Gasteiger partial charge is 0.480 e. The molecule has 2 rings (SSSR count). The molecule has 1 aromatic heterocycles. The lowest BCUT2D eigenvalue weighted by Gasteiger charge is -2.01. The van der Waals surface area contributed by atoms with Gasteiger partial charge in [0.05, 0.1) is 6.33 Å². The summed E-state index contributed by atoms with van der Waals surface area (Å²) in [5.41, 5.74) is 1.69. The Morgan fingerprint density at radius 1 is 1.41 bits per heavy atom. The zero-order valence-electron chi connectivity index (χ0n) is 11.6. The molecular weight excluding hydrogens is 306 g/mol. The number of benzene rings is 1. The fraction of sp³-hybridized carbons (Fsp3) is 0.143. The molecule has 0 fully saturated rings. The summed E-state index contributed by atoms with van der Waals surface area (Å²) >= 11 is 0. The minimum absolute atomic E-state index is 0.0245. The molecule has 116 valence electrons. The monoisotopic (exact) mass is 321 g/mol. The molecule has 0 aliphatic rings. The van der Waals surface area contributed by atoms with Crippen molar-refractivity contribution in [3.8, 4) is 0 Å². The summed E-state index contributed by atoms with van der Waals surface area (Å²) < 4.78 is 23.4. The molecule has 1 unspecified atom stereocenters. The van der Waals surface area contributed by atoms with Crippen molar-refractivity contribution in [1.29, 1.82) is 0 Å². The number of H-pyrrole nitrogens is 1. The van der Waals surface area contributed by atoms with Crippen LogP contribution in [0.3, 0.4) is 0 Å². The van der Waals surface area contributed by atoms with E-state index in [0.29, 0.717) is 5.69 Å². The second-order valence-corrected chi connectivity index (χ2v) is 4.72. The fourth-order valence-electron chi connectivity index (χ4n) is 1.47. The van der Waals surface area contributed by atoms with Crippen molar-refractivity contribution in [2.75, 3.05) is 0 Å². The Labute approximate surface area is 129 Å². The molecule has 1 atom stereocenters. The van der Waals surface area contributed by atoms with Crippen molar-refractivity contribution >= 4 is 22.5 Å². The van der Waals surface area contributed by atoms with E-state index in [1.165, 1.54) is 18.1 Å². The Morgan fingerprint density at radius 3 is 2.50 bits per heavy atom. The lowest BCUT2D eigenvalue weighted by molar-refractivity contribution is -0.138. The van der Waals surface area contributed by atoms with Crippen LogP contribution in [0.5, 0.6) is 0 Å². The summed E-state index contributed by atoms with van der Waals surface area (Å²) in [6, 6.07) is 8.73. The van der Waals surface area contributed by atoms with Gasteiger partial charge >= 0.3 is 16.5 Å². The first-order valence-electron chi connectivity index (χ1n) is 6.20. The van der Waals surface area contributed by atoms with Gasteiger partial charge < -0.3 is 10.1 Å². The van der Waals surface area contributed by atoms with Crippen LogP contribution in [0.2, 0.25) is 0 Å². The van der Waals surface area contributed by atoms with E-state index in [2.05, 4.69) is 20.9 Å². The average molecular weight is 321 g/mol. The highest BCUT2D eigenvalue weighted by molar-refractivity contribution is 7.61. The Hall–Kier alpha value is -2.74. The van der Waals surface area contributed by atoms with Crippen LogP contribution >= 0.6 is 0 Å². The predicted molar refractivity (Wildman–Crippen MR) is 81.6 cm³/mol. The lowest BCUT2D eigenvalue weighted by atomic mass is 10.2. The van der Waals surface area contributed by atoms with Gasteiger partial charge in [0, 0.05) is 18.3 Å². The smallest absolute Gasteiger partial charge is 0.330 e. The predicted octanol–water partition coefficient (Wildman–Crippen LogP) is 1.80. The van der Waals surface area contributed by atoms with E-state index >= 15 is 0 Å². The number of nitrogens with one attached hydrogen (secondary N) is 1. The second kappa shape index (κ2) is 9.24. The molecule has 0 saturated heterocycles. The molecule has 1 heterocycles. The number of carbonyl (C=O) groups is 1. The molecule has 0 spiro atoms. The summed E-state index contributed by atoms with van der Waals surface area (Å²) in [6.07, 6.45) is 4.60. The van der Waals surface area contributed by atoms with Crippen LogP contribution in [-0.4, -0.2) is 35.5 Å². The number of aromatic amines is 1. The highest BCUT2D eigenvalue weighted by Gasteiger charge is 2.18. The molecule has 0 bridgehead atoms. The van der Waals surface area contributed by atoms with E-state index in [1.807, 2.05) is 36.4 Å². The molecule has 2 N–H and O–H groups in total. The van der Waals surface area contributed by atoms with Crippen molar-refractivity contribution in [2.24, 2.45) is 4.36 Å². The summed E-state index contributed by atoms with van der Waals surface area (Å²) in [7, 11) is -2.72. The Balaban J connectivity index is 0.000000255. The normalized spacial score (nSPS) is 10.7. The zero-order valence-corrected chi connectivity index (χ0v) is 12.4. The number of rotatable bonds is 5. The third kappa shape index (κ3) is 6.62. The molecule has 1 aromatic carbocycles. The first-order valence-corrected chi connectivity index (χ1v) is 7.24. The number of aliphatic carboxylic acids is 1. The maximum atomic E-state index is 10.6. The third-order valence-electron chi connectivity index (χ3n) is 2.50. The highest BCUT2D eigenvalue weighted by Crippen LogP contribution is 2.02. The highest BCUT2D eigenvalue weighted by atomic mass is 32.2. The SMILES string of the molecule is C=Cc1ccccc1.O=C(O)C(Cc1cnc[nH]1)N=S(=O)=O. The van der Waals surface area contributed by atoms with Gasteiger partial charge in [0.1, 0.15) is 0 Å². The van der Waals surface area contributed by atoms with Crippen LogP contribution in [0.15, 0.2) is 53.8 Å². The average Bonchev–Trinajstić information content (AvgIpc) is 3.00. The molecule has 8 heteroatoms. The van der Waals surface area contributed by atoms with Crippen LogP contribution in [0.25, 0.3) is 6.08 Å². The van der Waals surface area contributed by atoms with Crippen LogP contribution in [0, 0.1) is 0 Å². The molecular formula is C14H15N3O4S. The lowest BCUT2D eigenvalue weighted by Crippen LogP contribution is -2.20. The van der Waals surface area contributed by atoms with E-state index in [4.69, 9.17) is 5.11 Å². The van der Waals surface area contributed by atoms with Crippen molar-refractivity contribution in [2.45, 2.75) is 12.5 Å². The Morgan fingerprint density at radius 2 is 2.09 bits per heavy atom. The van der Waals surface area contributed by atoms with Gasteiger partial charge in [0.15, 0.2) is 6.04 Å². The van der Waals surface area contributed by atoms with E-state index in [0.717, 1.165) is 0 Å². The summed E-state index contributed by atoms with van der Waals surface area (Å²) in [5, 5.41) is 8.62. The molecule has 22 heavy (non-hydrogen) atoms. The van der Waals surface area contributed by atoms with Gasteiger partial charge in [-0.05, 0) is 5.56 Å². The summed E-state index contributed by atoms with van der Waals surface area (Å²) in [6.45, 7) is 3.63. The fourth-order valence-corrected chi connectivity index (χ4v) is 1.84. The summed E-state index contributed by atoms with van der Waals surface area (Å²) in [4.78, 5) is 16.9. The molecule has 2 aromatic rings.